The highest BCUT2D eigenvalue weighted by atomic mass is 16.3. The molecule has 0 fully saturated rings. The van der Waals surface area contributed by atoms with Crippen LogP contribution in [0.15, 0.2) is 5.11 Å². The molecule has 0 saturated carbocycles. The van der Waals surface area contributed by atoms with Gasteiger partial charge in [0.25, 0.3) is 0 Å². The lowest BCUT2D eigenvalue weighted by molar-refractivity contribution is 0.106. The Balaban J connectivity index is 3.37. The Bertz CT molecular complexity index is 225. The van der Waals surface area contributed by atoms with Gasteiger partial charge in [0.1, 0.15) is 5.60 Å². The van der Waals surface area contributed by atoms with Crippen molar-refractivity contribution in [1.29, 1.82) is 5.26 Å². The minimum atomic E-state index is -1.21. The van der Waals surface area contributed by atoms with Gasteiger partial charge in [0.05, 0.1) is 6.07 Å². The van der Waals surface area contributed by atoms with E-state index >= 15 is 0 Å². The number of nitriles is 1. The van der Waals surface area contributed by atoms with Crippen LogP contribution >= 0.6 is 0 Å². The number of azide groups is 1. The number of unbranched alkanes of at least 4 members (excludes halogenated alkanes) is 2. The second-order valence-corrected chi connectivity index (χ2v) is 3.15. The molecule has 0 aromatic carbocycles. The zero-order chi connectivity index (χ0) is 10.2. The molecule has 0 heterocycles. The first-order valence-corrected chi connectivity index (χ1v) is 4.27. The Morgan fingerprint density at radius 2 is 2.23 bits per heavy atom. The predicted octanol–water partition coefficient (Wildman–Crippen LogP) is 2.13. The van der Waals surface area contributed by atoms with Crippen LogP contribution in [-0.2, 0) is 0 Å². The summed E-state index contributed by atoms with van der Waals surface area (Å²) in [5.74, 6) is 0. The highest BCUT2D eigenvalue weighted by molar-refractivity contribution is 4.95. The highest BCUT2D eigenvalue weighted by Crippen LogP contribution is 2.12. The molecule has 0 aliphatic carbocycles. The van der Waals surface area contributed by atoms with Crippen molar-refractivity contribution in [3.05, 3.63) is 10.4 Å². The minimum Gasteiger partial charge on any atom is -0.376 e. The van der Waals surface area contributed by atoms with Crippen LogP contribution in [0.5, 0.6) is 0 Å². The molecule has 0 amide bonds. The SMILES string of the molecule is CC(O)(C#N)CCCCCN=[N+]=[N-]. The molecule has 5 nitrogen and oxygen atoms in total. The monoisotopic (exact) mass is 182 g/mol. The van der Waals surface area contributed by atoms with Gasteiger partial charge in [-0.2, -0.15) is 5.26 Å². The van der Waals surface area contributed by atoms with E-state index in [4.69, 9.17) is 10.8 Å². The molecule has 0 aromatic rings. The number of hydrogen-bond donors (Lipinski definition) is 1. The van der Waals surface area contributed by atoms with Gasteiger partial charge in [0, 0.05) is 11.5 Å². The van der Waals surface area contributed by atoms with E-state index in [1.54, 1.807) is 0 Å². The third kappa shape index (κ3) is 7.13. The van der Waals surface area contributed by atoms with Gasteiger partial charge in [-0.3, -0.25) is 0 Å². The van der Waals surface area contributed by atoms with Gasteiger partial charge in [0.15, 0.2) is 0 Å². The first-order valence-electron chi connectivity index (χ1n) is 4.27. The summed E-state index contributed by atoms with van der Waals surface area (Å²) >= 11 is 0. The van der Waals surface area contributed by atoms with Crippen molar-refractivity contribution in [1.82, 2.24) is 0 Å². The van der Waals surface area contributed by atoms with Crippen LogP contribution in [0.2, 0.25) is 0 Å². The van der Waals surface area contributed by atoms with E-state index in [0.717, 1.165) is 19.3 Å². The lowest BCUT2D eigenvalue weighted by Crippen LogP contribution is -2.20. The lowest BCUT2D eigenvalue weighted by Gasteiger charge is -2.12. The van der Waals surface area contributed by atoms with E-state index < -0.39 is 5.60 Å². The molecule has 1 N–H and O–H groups in total. The lowest BCUT2D eigenvalue weighted by atomic mass is 10.0. The smallest absolute Gasteiger partial charge is 0.148 e. The van der Waals surface area contributed by atoms with Gasteiger partial charge in [-0.1, -0.05) is 11.5 Å². The van der Waals surface area contributed by atoms with E-state index in [0.29, 0.717) is 13.0 Å². The summed E-state index contributed by atoms with van der Waals surface area (Å²) < 4.78 is 0. The molecule has 0 spiro atoms. The van der Waals surface area contributed by atoms with Gasteiger partial charge in [0.2, 0.25) is 0 Å². The summed E-state index contributed by atoms with van der Waals surface area (Å²) in [6, 6.07) is 1.82. The molecule has 72 valence electrons. The van der Waals surface area contributed by atoms with E-state index in [-0.39, 0.29) is 0 Å². The second-order valence-electron chi connectivity index (χ2n) is 3.15. The van der Waals surface area contributed by atoms with Crippen LogP contribution in [0.4, 0.5) is 0 Å². The first-order chi connectivity index (χ1) is 6.12. The number of rotatable bonds is 6. The van der Waals surface area contributed by atoms with Gasteiger partial charge in [-0.25, -0.2) is 0 Å². The second kappa shape index (κ2) is 6.30. The minimum absolute atomic E-state index is 0.472. The molecule has 0 radical (unpaired) electrons. The topological polar surface area (TPSA) is 92.8 Å². The molecule has 0 aromatic heterocycles. The van der Waals surface area contributed by atoms with Gasteiger partial charge in [-0.05, 0) is 31.7 Å². The van der Waals surface area contributed by atoms with Crippen LogP contribution in [0.25, 0.3) is 10.4 Å². The van der Waals surface area contributed by atoms with Crippen LogP contribution in [0.3, 0.4) is 0 Å². The fourth-order valence-electron chi connectivity index (χ4n) is 0.929. The van der Waals surface area contributed by atoms with Crippen molar-refractivity contribution < 1.29 is 5.11 Å². The molecule has 0 aliphatic rings. The molecular formula is C8H14N4O. The summed E-state index contributed by atoms with van der Waals surface area (Å²) in [5.41, 5.74) is 6.76. The average Bonchev–Trinajstić information content (AvgIpc) is 2.11. The van der Waals surface area contributed by atoms with Gasteiger partial charge < -0.3 is 5.11 Å². The largest absolute Gasteiger partial charge is 0.376 e. The van der Waals surface area contributed by atoms with Crippen LogP contribution < -0.4 is 0 Å². The molecular weight excluding hydrogens is 168 g/mol. The Morgan fingerprint density at radius 1 is 1.54 bits per heavy atom. The van der Waals surface area contributed by atoms with Crippen molar-refractivity contribution in [2.24, 2.45) is 5.11 Å². The maximum absolute atomic E-state index is 9.28. The van der Waals surface area contributed by atoms with Crippen molar-refractivity contribution in [2.45, 2.75) is 38.2 Å². The predicted molar refractivity (Wildman–Crippen MR) is 48.7 cm³/mol. The quantitative estimate of drug-likeness (QED) is 0.224. The maximum atomic E-state index is 9.28. The van der Waals surface area contributed by atoms with Gasteiger partial charge in [-0.15, -0.1) is 0 Å². The number of aliphatic hydroxyl groups is 1. The fourth-order valence-corrected chi connectivity index (χ4v) is 0.929. The molecule has 0 aliphatic heterocycles. The summed E-state index contributed by atoms with van der Waals surface area (Å²) in [5, 5.41) is 21.1. The average molecular weight is 182 g/mol. The van der Waals surface area contributed by atoms with Gasteiger partial charge >= 0.3 is 0 Å². The standard InChI is InChI=1S/C8H14N4O/c1-8(13,7-9)5-3-2-4-6-11-12-10/h13H,2-6H2,1H3. The Morgan fingerprint density at radius 3 is 2.77 bits per heavy atom. The molecule has 0 bridgehead atoms. The molecule has 0 rings (SSSR count). The maximum Gasteiger partial charge on any atom is 0.148 e. The third-order valence-corrected chi connectivity index (χ3v) is 1.73. The Hall–Kier alpha value is -1.24. The van der Waals surface area contributed by atoms with Crippen molar-refractivity contribution in [2.75, 3.05) is 6.54 Å². The van der Waals surface area contributed by atoms with E-state index in [2.05, 4.69) is 10.0 Å². The molecule has 5 heteroatoms. The van der Waals surface area contributed by atoms with Crippen molar-refractivity contribution >= 4 is 0 Å². The van der Waals surface area contributed by atoms with E-state index in [1.807, 2.05) is 6.07 Å². The summed E-state index contributed by atoms with van der Waals surface area (Å²) in [7, 11) is 0. The number of hydrogen-bond acceptors (Lipinski definition) is 3. The fraction of sp³-hybridized carbons (Fsp3) is 0.875. The first kappa shape index (κ1) is 11.8. The molecule has 1 unspecified atom stereocenters. The number of nitrogens with zero attached hydrogens (tertiary/aromatic N) is 4. The van der Waals surface area contributed by atoms with Crippen molar-refractivity contribution in [3.63, 3.8) is 0 Å². The van der Waals surface area contributed by atoms with E-state index in [9.17, 15) is 5.11 Å². The van der Waals surface area contributed by atoms with Crippen LogP contribution in [-0.4, -0.2) is 17.3 Å². The zero-order valence-electron chi connectivity index (χ0n) is 7.77. The zero-order valence-corrected chi connectivity index (χ0v) is 7.77. The van der Waals surface area contributed by atoms with Crippen LogP contribution in [0.1, 0.15) is 32.6 Å². The molecule has 0 saturated heterocycles. The molecule has 13 heavy (non-hydrogen) atoms. The van der Waals surface area contributed by atoms with E-state index in [1.165, 1.54) is 6.92 Å². The summed E-state index contributed by atoms with van der Waals surface area (Å²) in [6.07, 6.45) is 2.93. The Kier molecular flexibility index (Phi) is 5.69. The molecule has 1 atom stereocenters. The highest BCUT2D eigenvalue weighted by Gasteiger charge is 2.17. The van der Waals surface area contributed by atoms with Crippen molar-refractivity contribution in [3.8, 4) is 6.07 Å². The normalized spacial score (nSPS) is 13.9. The summed E-state index contributed by atoms with van der Waals surface area (Å²) in [4.78, 5) is 2.62. The Labute approximate surface area is 77.6 Å². The summed E-state index contributed by atoms with van der Waals surface area (Å²) in [6.45, 7) is 1.99. The van der Waals surface area contributed by atoms with Crippen LogP contribution in [0, 0.1) is 11.3 Å². The third-order valence-electron chi connectivity index (χ3n) is 1.73.